The second-order valence-electron chi connectivity index (χ2n) is 4.33. The van der Waals surface area contributed by atoms with Gasteiger partial charge in [0.2, 0.25) is 0 Å². The molecule has 0 aliphatic heterocycles. The molecule has 0 amide bonds. The summed E-state index contributed by atoms with van der Waals surface area (Å²) in [6.45, 7) is 1.94. The molecule has 3 rings (SSSR count). The van der Waals surface area contributed by atoms with Crippen LogP contribution in [0.2, 0.25) is 0 Å². The number of halogens is 2. The highest BCUT2D eigenvalue weighted by atomic mass is 79.9. The first-order valence-electron chi connectivity index (χ1n) is 5.77. The summed E-state index contributed by atoms with van der Waals surface area (Å²) in [6.07, 6.45) is 0. The molecular weight excluding hydrogens is 309 g/mol. The summed E-state index contributed by atoms with van der Waals surface area (Å²) in [5.74, 6) is 0.112. The van der Waals surface area contributed by atoms with E-state index in [1.54, 1.807) is 12.1 Å². The van der Waals surface area contributed by atoms with Gasteiger partial charge in [0.1, 0.15) is 23.0 Å². The number of aromatic nitrogens is 2. The molecular formula is C14H11BrFN3. The largest absolute Gasteiger partial charge is 0.383 e. The molecule has 3 aromatic rings. The molecule has 0 bridgehead atoms. The molecule has 2 N–H and O–H groups in total. The second kappa shape index (κ2) is 4.35. The fourth-order valence-electron chi connectivity index (χ4n) is 2.16. The Morgan fingerprint density at radius 2 is 2.05 bits per heavy atom. The van der Waals surface area contributed by atoms with Crippen LogP contribution in [0.5, 0.6) is 0 Å². The number of aryl methyl sites for hydroxylation is 1. The van der Waals surface area contributed by atoms with Gasteiger partial charge in [0.15, 0.2) is 0 Å². The molecule has 0 saturated heterocycles. The zero-order chi connectivity index (χ0) is 13.6. The molecule has 0 unspecified atom stereocenters. The Morgan fingerprint density at radius 1 is 1.26 bits per heavy atom. The van der Waals surface area contributed by atoms with Crippen molar-refractivity contribution in [1.29, 1.82) is 0 Å². The van der Waals surface area contributed by atoms with Crippen LogP contribution in [0.1, 0.15) is 5.69 Å². The highest BCUT2D eigenvalue weighted by molar-refractivity contribution is 9.10. The van der Waals surface area contributed by atoms with Gasteiger partial charge < -0.3 is 5.73 Å². The molecule has 0 radical (unpaired) electrons. The van der Waals surface area contributed by atoms with Crippen molar-refractivity contribution >= 4 is 27.4 Å². The molecule has 0 spiro atoms. The van der Waals surface area contributed by atoms with Gasteiger partial charge in [-0.3, -0.25) is 4.40 Å². The van der Waals surface area contributed by atoms with Crippen LogP contribution in [-0.4, -0.2) is 9.38 Å². The number of rotatable bonds is 1. The molecule has 0 fully saturated rings. The molecule has 0 aliphatic carbocycles. The van der Waals surface area contributed by atoms with Gasteiger partial charge >= 0.3 is 0 Å². The van der Waals surface area contributed by atoms with Crippen LogP contribution in [-0.2, 0) is 0 Å². The Kier molecular flexibility index (Phi) is 2.78. The predicted molar refractivity (Wildman–Crippen MR) is 77.4 cm³/mol. The zero-order valence-electron chi connectivity index (χ0n) is 10.2. The maximum Gasteiger partial charge on any atom is 0.139 e. The van der Waals surface area contributed by atoms with Crippen LogP contribution < -0.4 is 5.73 Å². The average molecular weight is 320 g/mol. The van der Waals surface area contributed by atoms with Gasteiger partial charge in [-0.15, -0.1) is 0 Å². The topological polar surface area (TPSA) is 43.3 Å². The minimum absolute atomic E-state index is 0.337. The number of nitrogen functional groups attached to an aromatic ring is 1. The van der Waals surface area contributed by atoms with Gasteiger partial charge in [0.05, 0.1) is 0 Å². The SMILES string of the molecule is Cc1cccc2nc(-c3cc(Br)ccc3F)c(N)n12. The van der Waals surface area contributed by atoms with Gasteiger partial charge in [0, 0.05) is 15.7 Å². The Bertz CT molecular complexity index is 780. The van der Waals surface area contributed by atoms with Crippen LogP contribution in [0.25, 0.3) is 16.9 Å². The quantitative estimate of drug-likeness (QED) is 0.741. The first-order valence-corrected chi connectivity index (χ1v) is 6.56. The summed E-state index contributed by atoms with van der Waals surface area (Å²) in [5.41, 5.74) is 8.65. The van der Waals surface area contributed by atoms with Crippen LogP contribution >= 0.6 is 15.9 Å². The number of fused-ring (bicyclic) bond motifs is 1. The van der Waals surface area contributed by atoms with Gasteiger partial charge in [-0.2, -0.15) is 0 Å². The fourth-order valence-corrected chi connectivity index (χ4v) is 2.52. The Balaban J connectivity index is 2.34. The van der Waals surface area contributed by atoms with E-state index in [9.17, 15) is 4.39 Å². The lowest BCUT2D eigenvalue weighted by atomic mass is 10.1. The maximum atomic E-state index is 13.9. The Morgan fingerprint density at radius 3 is 2.79 bits per heavy atom. The maximum absolute atomic E-state index is 13.9. The standard InChI is InChI=1S/C14H11BrFN3/c1-8-3-2-4-12-18-13(14(17)19(8)12)10-7-9(15)5-6-11(10)16/h2-7H,17H2,1H3. The van der Waals surface area contributed by atoms with Crippen molar-refractivity contribution in [3.05, 3.63) is 52.4 Å². The molecule has 0 saturated carbocycles. The number of hydrogen-bond donors (Lipinski definition) is 1. The number of benzene rings is 1. The van der Waals surface area contributed by atoms with E-state index in [1.165, 1.54) is 6.07 Å². The van der Waals surface area contributed by atoms with E-state index in [0.29, 0.717) is 22.7 Å². The monoisotopic (exact) mass is 319 g/mol. The van der Waals surface area contributed by atoms with Crippen LogP contribution in [0.4, 0.5) is 10.2 Å². The molecule has 96 valence electrons. The molecule has 2 heterocycles. The van der Waals surface area contributed by atoms with Crippen LogP contribution in [0, 0.1) is 12.7 Å². The van der Waals surface area contributed by atoms with Crippen molar-refractivity contribution in [3.63, 3.8) is 0 Å². The van der Waals surface area contributed by atoms with E-state index in [-0.39, 0.29) is 5.82 Å². The molecule has 5 heteroatoms. The van der Waals surface area contributed by atoms with E-state index in [2.05, 4.69) is 20.9 Å². The zero-order valence-corrected chi connectivity index (χ0v) is 11.8. The summed E-state index contributed by atoms with van der Waals surface area (Å²) in [4.78, 5) is 4.42. The van der Waals surface area contributed by atoms with Crippen LogP contribution in [0.3, 0.4) is 0 Å². The fraction of sp³-hybridized carbons (Fsp3) is 0.0714. The van der Waals surface area contributed by atoms with Crippen molar-refractivity contribution in [2.24, 2.45) is 0 Å². The normalized spacial score (nSPS) is 11.1. The van der Waals surface area contributed by atoms with E-state index in [4.69, 9.17) is 5.73 Å². The van der Waals surface area contributed by atoms with E-state index < -0.39 is 0 Å². The summed E-state index contributed by atoms with van der Waals surface area (Å²) in [5, 5.41) is 0. The minimum atomic E-state index is -0.337. The third-order valence-corrected chi connectivity index (χ3v) is 3.55. The number of anilines is 1. The van der Waals surface area contributed by atoms with Crippen LogP contribution in [0.15, 0.2) is 40.9 Å². The number of pyridine rings is 1. The number of nitrogens with zero attached hydrogens (tertiary/aromatic N) is 2. The van der Waals surface area contributed by atoms with Gasteiger partial charge in [0.25, 0.3) is 0 Å². The predicted octanol–water partition coefficient (Wildman–Crippen LogP) is 3.79. The summed E-state index contributed by atoms with van der Waals surface area (Å²) < 4.78 is 16.5. The third kappa shape index (κ3) is 1.90. The van der Waals surface area contributed by atoms with Gasteiger partial charge in [-0.1, -0.05) is 22.0 Å². The summed E-state index contributed by atoms with van der Waals surface area (Å²) in [7, 11) is 0. The lowest BCUT2D eigenvalue weighted by Crippen LogP contribution is -1.97. The summed E-state index contributed by atoms with van der Waals surface area (Å²) in [6, 6.07) is 10.4. The van der Waals surface area contributed by atoms with Crippen molar-refractivity contribution in [1.82, 2.24) is 9.38 Å². The second-order valence-corrected chi connectivity index (χ2v) is 5.25. The lowest BCUT2D eigenvalue weighted by molar-refractivity contribution is 0.630. The number of imidazole rings is 1. The average Bonchev–Trinajstić information content (AvgIpc) is 2.71. The van der Waals surface area contributed by atoms with Crippen molar-refractivity contribution in [2.75, 3.05) is 5.73 Å². The molecule has 1 aromatic carbocycles. The van der Waals surface area contributed by atoms with E-state index >= 15 is 0 Å². The molecule has 3 nitrogen and oxygen atoms in total. The first kappa shape index (κ1) is 12.2. The van der Waals surface area contributed by atoms with Crippen molar-refractivity contribution < 1.29 is 4.39 Å². The minimum Gasteiger partial charge on any atom is -0.383 e. The highest BCUT2D eigenvalue weighted by Gasteiger charge is 2.16. The Hall–Kier alpha value is -1.88. The molecule has 0 atom stereocenters. The van der Waals surface area contributed by atoms with Crippen molar-refractivity contribution in [3.8, 4) is 11.3 Å². The van der Waals surface area contributed by atoms with Crippen molar-refractivity contribution in [2.45, 2.75) is 6.92 Å². The molecule has 0 aliphatic rings. The van der Waals surface area contributed by atoms with Gasteiger partial charge in [-0.05, 0) is 37.3 Å². The summed E-state index contributed by atoms with van der Waals surface area (Å²) >= 11 is 3.33. The van der Waals surface area contributed by atoms with Gasteiger partial charge in [-0.25, -0.2) is 9.37 Å². The van der Waals surface area contributed by atoms with E-state index in [1.807, 2.05) is 29.5 Å². The third-order valence-electron chi connectivity index (χ3n) is 3.06. The lowest BCUT2D eigenvalue weighted by Gasteiger charge is -2.03. The molecule has 2 aromatic heterocycles. The highest BCUT2D eigenvalue weighted by Crippen LogP contribution is 2.31. The number of hydrogen-bond acceptors (Lipinski definition) is 2. The number of nitrogens with two attached hydrogens (primary N) is 1. The molecule has 19 heavy (non-hydrogen) atoms. The first-order chi connectivity index (χ1) is 9.08. The Labute approximate surface area is 118 Å². The van der Waals surface area contributed by atoms with E-state index in [0.717, 1.165) is 10.2 Å². The smallest absolute Gasteiger partial charge is 0.139 e.